The van der Waals surface area contributed by atoms with Crippen LogP contribution < -0.4 is 5.50 Å². The topological polar surface area (TPSA) is 124 Å². The van der Waals surface area contributed by atoms with E-state index in [1.807, 2.05) is 0 Å². The van der Waals surface area contributed by atoms with E-state index in [-0.39, 0.29) is 19.3 Å². The Kier molecular flexibility index (Phi) is 16.5. The lowest BCUT2D eigenvalue weighted by molar-refractivity contribution is -0.0558. The van der Waals surface area contributed by atoms with Gasteiger partial charge in [-0.15, -0.1) is 0 Å². The van der Waals surface area contributed by atoms with Crippen molar-refractivity contribution in [3.63, 3.8) is 0 Å². The largest absolute Gasteiger partial charge is 0.394 e. The molecular weight excluding hydrogens is 577 g/mol. The summed E-state index contributed by atoms with van der Waals surface area (Å²) in [5, 5.41) is 16.7. The van der Waals surface area contributed by atoms with E-state index < -0.39 is 8.53 Å². The first kappa shape index (κ1) is 38.3. The smallest absolute Gasteiger partial charge is 0.250 e. The van der Waals surface area contributed by atoms with Gasteiger partial charge in [0.2, 0.25) is 8.53 Å². The summed E-state index contributed by atoms with van der Waals surface area (Å²) in [4.78, 5) is 9.53. The van der Waals surface area contributed by atoms with E-state index in [2.05, 4.69) is 40.7 Å². The summed E-state index contributed by atoms with van der Waals surface area (Å²) < 4.78 is 20.7. The number of nitrogens with two attached hydrogens (primary N) is 1. The van der Waals surface area contributed by atoms with Gasteiger partial charge in [-0.2, -0.15) is 0 Å². The number of hydrogen-bond donors (Lipinski definition) is 4. The van der Waals surface area contributed by atoms with Crippen molar-refractivity contribution in [2.24, 2.45) is 51.8 Å². The maximum absolute atomic E-state index is 9.53. The van der Waals surface area contributed by atoms with Gasteiger partial charge in [0.15, 0.2) is 0 Å². The molecule has 258 valence electrons. The average Bonchev–Trinajstić information content (AvgIpc) is 3.34. The Morgan fingerprint density at radius 1 is 0.864 bits per heavy atom. The van der Waals surface area contributed by atoms with Crippen molar-refractivity contribution in [2.45, 2.75) is 111 Å². The van der Waals surface area contributed by atoms with Crippen LogP contribution >= 0.6 is 8.53 Å². The van der Waals surface area contributed by atoms with Crippen LogP contribution in [0.15, 0.2) is 11.6 Å². The van der Waals surface area contributed by atoms with Crippen LogP contribution in [-0.2, 0) is 18.7 Å². The average molecular weight is 644 g/mol. The lowest BCUT2D eigenvalue weighted by atomic mass is 9.47. The van der Waals surface area contributed by atoms with Crippen LogP contribution in [0, 0.1) is 46.3 Å². The molecule has 0 aromatic rings. The van der Waals surface area contributed by atoms with Crippen molar-refractivity contribution < 1.29 is 33.8 Å². The second-order valence-electron chi connectivity index (χ2n) is 14.8. The molecule has 5 N–H and O–H groups in total. The molecule has 9 heteroatoms. The summed E-state index contributed by atoms with van der Waals surface area (Å²) in [6.07, 6.45) is 17.2. The molecule has 3 fully saturated rings. The molecule has 4 aliphatic carbocycles. The summed E-state index contributed by atoms with van der Waals surface area (Å²) >= 11 is 0. The molecule has 44 heavy (non-hydrogen) atoms. The summed E-state index contributed by atoms with van der Waals surface area (Å²) in [6.45, 7) is 15.3. The Balaban J connectivity index is 0.000000345. The van der Waals surface area contributed by atoms with E-state index >= 15 is 0 Å². The second-order valence-corrected chi connectivity index (χ2v) is 15.7. The van der Waals surface area contributed by atoms with E-state index in [4.69, 9.17) is 34.5 Å². The van der Waals surface area contributed by atoms with E-state index in [0.29, 0.717) is 50.5 Å². The molecule has 0 saturated heterocycles. The number of allylic oxidation sites excluding steroid dienone is 1. The SMILES string of the molecule is CC(C)CCC[C@@H](C)[C@H]1CC[C@H]2[C@@H]3CC=C4C[C@@H](OP(N)O)CC[C@]4(C)[C@H]3CC[C@]12C.OCCOCCOCCOCCO. The van der Waals surface area contributed by atoms with E-state index in [1.165, 1.54) is 57.8 Å². The number of rotatable bonds is 17. The highest BCUT2D eigenvalue weighted by atomic mass is 31.2. The molecule has 0 spiro atoms. The summed E-state index contributed by atoms with van der Waals surface area (Å²) in [6, 6.07) is 0. The van der Waals surface area contributed by atoms with Gasteiger partial charge in [0.05, 0.1) is 59.0 Å². The monoisotopic (exact) mass is 643 g/mol. The second kappa shape index (κ2) is 19.0. The molecule has 0 aromatic carbocycles. The van der Waals surface area contributed by atoms with Crippen LogP contribution in [0.25, 0.3) is 0 Å². The molecule has 0 aliphatic heterocycles. The van der Waals surface area contributed by atoms with Gasteiger partial charge in [0, 0.05) is 0 Å². The third-order valence-corrected chi connectivity index (χ3v) is 12.2. The van der Waals surface area contributed by atoms with Crippen LogP contribution in [0.2, 0.25) is 0 Å². The van der Waals surface area contributed by atoms with Gasteiger partial charge in [-0.05, 0) is 97.7 Å². The standard InChI is InChI=1S/C27H48NO2P.C8H18O5/c1-18(2)7-6-8-19(3)23-11-12-24-22-10-9-20-17-21(30-31(28)29)13-15-26(20,4)25(22)14-16-27(23,24)5;9-1-3-11-5-7-13-8-6-12-4-2-10/h9,18-19,21-25,29H,6-8,10-17,28H2,1-5H3;9-10H,1-8H2/t19-,21+,22+,23-,24+,25+,26+,27-,31?;/m1./s1. The molecule has 4 rings (SSSR count). The van der Waals surface area contributed by atoms with Gasteiger partial charge in [-0.3, -0.25) is 5.50 Å². The van der Waals surface area contributed by atoms with Gasteiger partial charge < -0.3 is 33.8 Å². The Hall–Kier alpha value is -0.150. The highest BCUT2D eigenvalue weighted by molar-refractivity contribution is 7.43. The normalized spacial score (nSPS) is 34.3. The van der Waals surface area contributed by atoms with E-state index in [9.17, 15) is 4.89 Å². The predicted molar refractivity (Wildman–Crippen MR) is 178 cm³/mol. The molecule has 0 aromatic heterocycles. The number of fused-ring (bicyclic) bond motifs is 5. The van der Waals surface area contributed by atoms with Crippen molar-refractivity contribution in [3.8, 4) is 0 Å². The van der Waals surface area contributed by atoms with Crippen molar-refractivity contribution in [1.82, 2.24) is 0 Å². The highest BCUT2D eigenvalue weighted by Crippen LogP contribution is 2.67. The molecule has 4 aliphatic rings. The van der Waals surface area contributed by atoms with Crippen LogP contribution in [-0.4, -0.2) is 74.1 Å². The lowest BCUT2D eigenvalue weighted by Gasteiger charge is -2.58. The fourth-order valence-corrected chi connectivity index (χ4v) is 10.1. The molecule has 0 amide bonds. The molecule has 0 radical (unpaired) electrons. The minimum atomic E-state index is -1.74. The van der Waals surface area contributed by atoms with Crippen molar-refractivity contribution in [2.75, 3.05) is 52.9 Å². The Morgan fingerprint density at radius 3 is 2.09 bits per heavy atom. The maximum atomic E-state index is 9.53. The fourth-order valence-electron chi connectivity index (χ4n) is 9.57. The van der Waals surface area contributed by atoms with E-state index in [0.717, 1.165) is 48.3 Å². The van der Waals surface area contributed by atoms with Crippen molar-refractivity contribution >= 4 is 8.53 Å². The molecule has 9 atom stereocenters. The molecule has 0 heterocycles. The van der Waals surface area contributed by atoms with Gasteiger partial charge in [-0.1, -0.05) is 65.5 Å². The van der Waals surface area contributed by atoms with Crippen LogP contribution in [0.5, 0.6) is 0 Å². The number of aliphatic hydroxyl groups excluding tert-OH is 2. The Labute approximate surface area is 269 Å². The van der Waals surface area contributed by atoms with Crippen molar-refractivity contribution in [1.29, 1.82) is 0 Å². The third-order valence-electron chi connectivity index (χ3n) is 11.7. The van der Waals surface area contributed by atoms with Gasteiger partial charge in [0.25, 0.3) is 0 Å². The zero-order valence-corrected chi connectivity index (χ0v) is 29.4. The predicted octanol–water partition coefficient (Wildman–Crippen LogP) is 6.61. The molecular formula is C35H66NO7P. The van der Waals surface area contributed by atoms with E-state index in [1.54, 1.807) is 5.57 Å². The molecule has 0 bridgehead atoms. The highest BCUT2D eigenvalue weighted by Gasteiger charge is 2.59. The third kappa shape index (κ3) is 10.4. The van der Waals surface area contributed by atoms with Crippen molar-refractivity contribution in [3.05, 3.63) is 11.6 Å². The Morgan fingerprint density at radius 2 is 1.50 bits per heavy atom. The van der Waals surface area contributed by atoms with Crippen LogP contribution in [0.4, 0.5) is 0 Å². The minimum Gasteiger partial charge on any atom is -0.394 e. The quantitative estimate of drug-likeness (QED) is 0.0793. The summed E-state index contributed by atoms with van der Waals surface area (Å²) in [7, 11) is -1.74. The van der Waals surface area contributed by atoms with Gasteiger partial charge in [0.1, 0.15) is 0 Å². The first-order valence-electron chi connectivity index (χ1n) is 17.6. The zero-order valence-electron chi connectivity index (χ0n) is 28.6. The minimum absolute atomic E-state index is 0.0413. The fraction of sp³-hybridized carbons (Fsp3) is 0.943. The summed E-state index contributed by atoms with van der Waals surface area (Å²) in [5.41, 5.74) is 8.08. The van der Waals surface area contributed by atoms with Crippen LogP contribution in [0.3, 0.4) is 0 Å². The number of hydrogen-bond acceptors (Lipinski definition) is 8. The van der Waals surface area contributed by atoms with Gasteiger partial charge >= 0.3 is 0 Å². The Bertz CT molecular complexity index is 834. The summed E-state index contributed by atoms with van der Waals surface area (Å²) in [5.74, 6) is 5.29. The van der Waals surface area contributed by atoms with Gasteiger partial charge in [-0.25, -0.2) is 0 Å². The first-order valence-corrected chi connectivity index (χ1v) is 18.9. The number of ether oxygens (including phenoxy) is 3. The number of aliphatic hydroxyl groups is 2. The molecule has 1 unspecified atom stereocenters. The zero-order chi connectivity index (χ0) is 32.2. The van der Waals surface area contributed by atoms with Crippen LogP contribution in [0.1, 0.15) is 105 Å². The first-order chi connectivity index (χ1) is 21.1. The molecule has 3 saturated carbocycles. The maximum Gasteiger partial charge on any atom is 0.250 e. The lowest BCUT2D eigenvalue weighted by Crippen LogP contribution is -2.51. The molecule has 8 nitrogen and oxygen atoms in total.